The summed E-state index contributed by atoms with van der Waals surface area (Å²) in [5.74, 6) is 0.859. The largest absolute Gasteiger partial charge is 0.447 e. The van der Waals surface area contributed by atoms with E-state index in [0.717, 1.165) is 5.76 Å². The lowest BCUT2D eigenvalue weighted by Crippen LogP contribution is -2.17. The van der Waals surface area contributed by atoms with Crippen LogP contribution >= 0.6 is 0 Å². The molecule has 0 aliphatic heterocycles. The summed E-state index contributed by atoms with van der Waals surface area (Å²) in [6, 6.07) is 10.6. The summed E-state index contributed by atoms with van der Waals surface area (Å²) in [6.45, 7) is 2.84. The Hall–Kier alpha value is -1.61. The van der Waals surface area contributed by atoms with Crippen molar-refractivity contribution in [1.29, 1.82) is 0 Å². The Balaban J connectivity index is 1.90. The van der Waals surface area contributed by atoms with Gasteiger partial charge in [-0.05, 0) is 12.5 Å². The highest BCUT2D eigenvalue weighted by atomic mass is 16.3. The van der Waals surface area contributed by atoms with E-state index in [1.165, 1.54) is 12.0 Å². The zero-order valence-electron chi connectivity index (χ0n) is 8.68. The van der Waals surface area contributed by atoms with Crippen LogP contribution in [0.5, 0.6) is 0 Å². The fourth-order valence-corrected chi connectivity index (χ4v) is 1.44. The molecule has 0 saturated carbocycles. The molecule has 1 unspecified atom stereocenters. The van der Waals surface area contributed by atoms with E-state index in [2.05, 4.69) is 29.4 Å². The van der Waals surface area contributed by atoms with E-state index >= 15 is 0 Å². The Bertz CT molecular complexity index is 383. The highest BCUT2D eigenvalue weighted by molar-refractivity contribution is 5.18. The van der Waals surface area contributed by atoms with Gasteiger partial charge in [-0.3, -0.25) is 0 Å². The predicted octanol–water partition coefficient (Wildman–Crippen LogP) is 2.53. The number of oxazole rings is 1. The lowest BCUT2D eigenvalue weighted by atomic mass is 10.1. The molecule has 0 aliphatic carbocycles. The molecule has 0 radical (unpaired) electrons. The van der Waals surface area contributed by atoms with Crippen LogP contribution in [0, 0.1) is 0 Å². The molecule has 1 N–H and O–H groups in total. The van der Waals surface area contributed by atoms with Crippen molar-refractivity contribution in [2.24, 2.45) is 0 Å². The van der Waals surface area contributed by atoms with E-state index in [9.17, 15) is 0 Å². The fraction of sp³-hybridized carbons (Fsp3) is 0.250. The summed E-state index contributed by atoms with van der Waals surface area (Å²) < 4.78 is 5.15. The maximum absolute atomic E-state index is 5.15. The molecular formula is C12H14N2O. The third-order valence-corrected chi connectivity index (χ3v) is 2.37. The van der Waals surface area contributed by atoms with Crippen molar-refractivity contribution in [2.75, 3.05) is 0 Å². The molecule has 1 atom stereocenters. The molecule has 3 heteroatoms. The molecule has 0 amide bonds. The first-order valence-electron chi connectivity index (χ1n) is 5.02. The van der Waals surface area contributed by atoms with Gasteiger partial charge in [-0.25, -0.2) is 4.98 Å². The number of rotatable bonds is 4. The number of benzene rings is 1. The molecule has 0 bridgehead atoms. The van der Waals surface area contributed by atoms with E-state index in [1.807, 2.05) is 18.2 Å². The maximum atomic E-state index is 5.15. The highest BCUT2D eigenvalue weighted by Crippen LogP contribution is 2.11. The lowest BCUT2D eigenvalue weighted by molar-refractivity contribution is 0.458. The molecule has 3 nitrogen and oxygen atoms in total. The normalized spacial score (nSPS) is 12.6. The van der Waals surface area contributed by atoms with Gasteiger partial charge >= 0.3 is 0 Å². The second-order valence-corrected chi connectivity index (χ2v) is 3.48. The summed E-state index contributed by atoms with van der Waals surface area (Å²) in [7, 11) is 0. The van der Waals surface area contributed by atoms with Crippen LogP contribution in [0.2, 0.25) is 0 Å². The molecule has 1 aromatic carbocycles. The minimum absolute atomic E-state index is 0.316. The summed E-state index contributed by atoms with van der Waals surface area (Å²) in [5, 5.41) is 3.37. The van der Waals surface area contributed by atoms with Gasteiger partial charge < -0.3 is 9.73 Å². The first kappa shape index (κ1) is 9.93. The second-order valence-electron chi connectivity index (χ2n) is 3.48. The molecule has 15 heavy (non-hydrogen) atoms. The van der Waals surface area contributed by atoms with Crippen molar-refractivity contribution >= 4 is 0 Å². The van der Waals surface area contributed by atoms with E-state index in [-0.39, 0.29) is 0 Å². The molecule has 0 saturated heterocycles. The molecule has 0 aliphatic rings. The third kappa shape index (κ3) is 2.67. The molecule has 78 valence electrons. The average Bonchev–Trinajstić information content (AvgIpc) is 2.80. The predicted molar refractivity (Wildman–Crippen MR) is 58.2 cm³/mol. The van der Waals surface area contributed by atoms with Crippen LogP contribution in [0.15, 0.2) is 47.3 Å². The fourth-order valence-electron chi connectivity index (χ4n) is 1.44. The monoisotopic (exact) mass is 202 g/mol. The molecule has 0 spiro atoms. The van der Waals surface area contributed by atoms with Gasteiger partial charge in [0.05, 0.1) is 12.7 Å². The van der Waals surface area contributed by atoms with Crippen molar-refractivity contribution in [3.63, 3.8) is 0 Å². The first-order valence-corrected chi connectivity index (χ1v) is 5.02. The SMILES string of the molecule is CC(NCc1cnco1)c1ccccc1. The smallest absolute Gasteiger partial charge is 0.180 e. The summed E-state index contributed by atoms with van der Waals surface area (Å²) in [4.78, 5) is 3.87. The van der Waals surface area contributed by atoms with Crippen molar-refractivity contribution in [1.82, 2.24) is 10.3 Å². The zero-order valence-corrected chi connectivity index (χ0v) is 8.68. The molecule has 0 fully saturated rings. The summed E-state index contributed by atoms with van der Waals surface area (Å²) in [6.07, 6.45) is 3.18. The minimum Gasteiger partial charge on any atom is -0.447 e. The summed E-state index contributed by atoms with van der Waals surface area (Å²) >= 11 is 0. The average molecular weight is 202 g/mol. The van der Waals surface area contributed by atoms with Crippen LogP contribution in [-0.4, -0.2) is 4.98 Å². The van der Waals surface area contributed by atoms with Crippen LogP contribution in [0.1, 0.15) is 24.3 Å². The van der Waals surface area contributed by atoms with E-state index in [0.29, 0.717) is 12.6 Å². The van der Waals surface area contributed by atoms with Crippen molar-refractivity contribution in [3.8, 4) is 0 Å². The quantitative estimate of drug-likeness (QED) is 0.827. The van der Waals surface area contributed by atoms with Gasteiger partial charge in [0.15, 0.2) is 6.39 Å². The van der Waals surface area contributed by atoms with Gasteiger partial charge in [0.1, 0.15) is 5.76 Å². The van der Waals surface area contributed by atoms with Gasteiger partial charge in [0, 0.05) is 6.04 Å². The van der Waals surface area contributed by atoms with Crippen LogP contribution < -0.4 is 5.32 Å². The molecular weight excluding hydrogens is 188 g/mol. The topological polar surface area (TPSA) is 38.1 Å². The van der Waals surface area contributed by atoms with Gasteiger partial charge in [-0.2, -0.15) is 0 Å². The first-order chi connectivity index (χ1) is 7.36. The molecule has 2 rings (SSSR count). The van der Waals surface area contributed by atoms with Crippen molar-refractivity contribution < 1.29 is 4.42 Å². The van der Waals surface area contributed by atoms with E-state index < -0.39 is 0 Å². The molecule has 1 aromatic heterocycles. The molecule has 2 aromatic rings. The van der Waals surface area contributed by atoms with Crippen LogP contribution in [0.4, 0.5) is 0 Å². The number of aromatic nitrogens is 1. The standard InChI is InChI=1S/C12H14N2O/c1-10(11-5-3-2-4-6-11)14-8-12-7-13-9-15-12/h2-7,9-10,14H,8H2,1H3. The van der Waals surface area contributed by atoms with Gasteiger partial charge in [-0.1, -0.05) is 30.3 Å². The second kappa shape index (κ2) is 4.75. The Morgan fingerprint density at radius 2 is 2.13 bits per heavy atom. The maximum Gasteiger partial charge on any atom is 0.180 e. The van der Waals surface area contributed by atoms with Crippen LogP contribution in [0.25, 0.3) is 0 Å². The number of nitrogens with one attached hydrogen (secondary N) is 1. The Morgan fingerprint density at radius 1 is 1.33 bits per heavy atom. The Labute approximate surface area is 89.1 Å². The Morgan fingerprint density at radius 3 is 2.80 bits per heavy atom. The van der Waals surface area contributed by atoms with E-state index in [1.54, 1.807) is 6.20 Å². The van der Waals surface area contributed by atoms with E-state index in [4.69, 9.17) is 4.42 Å². The highest BCUT2D eigenvalue weighted by Gasteiger charge is 2.04. The van der Waals surface area contributed by atoms with Crippen molar-refractivity contribution in [3.05, 3.63) is 54.2 Å². The van der Waals surface area contributed by atoms with Crippen LogP contribution in [-0.2, 0) is 6.54 Å². The van der Waals surface area contributed by atoms with Gasteiger partial charge in [0.25, 0.3) is 0 Å². The summed E-state index contributed by atoms with van der Waals surface area (Å²) in [5.41, 5.74) is 1.28. The van der Waals surface area contributed by atoms with Crippen molar-refractivity contribution in [2.45, 2.75) is 19.5 Å². The lowest BCUT2D eigenvalue weighted by Gasteiger charge is -2.12. The van der Waals surface area contributed by atoms with Gasteiger partial charge in [-0.15, -0.1) is 0 Å². The van der Waals surface area contributed by atoms with Gasteiger partial charge in [0.2, 0.25) is 0 Å². The minimum atomic E-state index is 0.316. The number of nitrogens with zero attached hydrogens (tertiary/aromatic N) is 1. The third-order valence-electron chi connectivity index (χ3n) is 2.37. The molecule has 1 heterocycles. The van der Waals surface area contributed by atoms with Crippen LogP contribution in [0.3, 0.4) is 0 Å². The number of hydrogen-bond donors (Lipinski definition) is 1. The Kier molecular flexibility index (Phi) is 3.15. The number of hydrogen-bond acceptors (Lipinski definition) is 3. The zero-order chi connectivity index (χ0) is 10.5.